The minimum absolute atomic E-state index is 0.0443. The second-order valence-corrected chi connectivity index (χ2v) is 8.75. The summed E-state index contributed by atoms with van der Waals surface area (Å²) >= 11 is 2.22. The van der Waals surface area contributed by atoms with Crippen LogP contribution in [0.3, 0.4) is 0 Å². The Hall–Kier alpha value is -3.70. The number of fused-ring (bicyclic) bond motifs is 1. The molecule has 1 aromatic rings. The van der Waals surface area contributed by atoms with E-state index in [4.69, 9.17) is 21.2 Å². The van der Waals surface area contributed by atoms with Gasteiger partial charge in [-0.3, -0.25) is 29.5 Å². The summed E-state index contributed by atoms with van der Waals surface area (Å²) in [7, 11) is 0. The van der Waals surface area contributed by atoms with Gasteiger partial charge in [0, 0.05) is 23.6 Å². The smallest absolute Gasteiger partial charge is 0.352 e. The van der Waals surface area contributed by atoms with Gasteiger partial charge in [0.2, 0.25) is 0 Å². The fourth-order valence-electron chi connectivity index (χ4n) is 2.99. The Kier molecular flexibility index (Phi) is 7.69. The predicted molar refractivity (Wildman–Crippen MR) is 118 cm³/mol. The number of aliphatic carboxylic acids is 1. The lowest BCUT2D eigenvalue weighted by molar-refractivity contribution is -0.150. The molecule has 1 saturated heterocycles. The molecule has 0 radical (unpaired) electrons. The molecule has 15 nitrogen and oxygen atoms in total. The maximum absolute atomic E-state index is 12.9. The zero-order valence-electron chi connectivity index (χ0n) is 17.5. The van der Waals surface area contributed by atoms with Crippen molar-refractivity contribution < 1.29 is 38.7 Å². The van der Waals surface area contributed by atoms with E-state index in [1.807, 2.05) is 5.43 Å². The first kappa shape index (κ1) is 24.9. The summed E-state index contributed by atoms with van der Waals surface area (Å²) in [6.45, 7) is 0.327. The van der Waals surface area contributed by atoms with E-state index in [2.05, 4.69) is 15.5 Å². The van der Waals surface area contributed by atoms with Crippen molar-refractivity contribution in [3.63, 3.8) is 0 Å². The number of carboxylic acid groups (broad SMARTS) is 1. The highest BCUT2D eigenvalue weighted by Gasteiger charge is 2.54. The van der Waals surface area contributed by atoms with Gasteiger partial charge in [0.05, 0.1) is 0 Å². The number of nitrogens with one attached hydrogen (secondary N) is 2. The number of β-lactam (4-membered cyclic amide) rings is 1. The van der Waals surface area contributed by atoms with Crippen molar-refractivity contribution in [2.45, 2.75) is 18.3 Å². The molecule has 1 fully saturated rings. The number of nitrogen functional groups attached to an aromatic ring is 1. The van der Waals surface area contributed by atoms with Gasteiger partial charge >= 0.3 is 11.9 Å². The molecule has 34 heavy (non-hydrogen) atoms. The van der Waals surface area contributed by atoms with Crippen LogP contribution in [-0.4, -0.2) is 80.7 Å². The molecule has 3 rings (SSSR count). The van der Waals surface area contributed by atoms with E-state index in [-0.39, 0.29) is 40.2 Å². The summed E-state index contributed by atoms with van der Waals surface area (Å²) in [6, 6.07) is -1.07. The Morgan fingerprint density at radius 1 is 1.38 bits per heavy atom. The molecule has 182 valence electrons. The van der Waals surface area contributed by atoms with E-state index in [1.165, 1.54) is 24.1 Å². The molecule has 0 bridgehead atoms. The highest BCUT2D eigenvalue weighted by Crippen LogP contribution is 2.40. The van der Waals surface area contributed by atoms with Gasteiger partial charge in [0.1, 0.15) is 29.4 Å². The summed E-state index contributed by atoms with van der Waals surface area (Å²) in [6.07, 6.45) is 0. The summed E-state index contributed by atoms with van der Waals surface area (Å²) in [4.78, 5) is 69.6. The normalized spacial score (nSPS) is 19.6. The highest BCUT2D eigenvalue weighted by molar-refractivity contribution is 8.00. The zero-order valence-corrected chi connectivity index (χ0v) is 19.1. The molecule has 2 atom stereocenters. The molecule has 3 amide bonds. The second-order valence-electron chi connectivity index (χ2n) is 6.75. The molecule has 2 aliphatic heterocycles. The molecule has 0 aliphatic carbocycles. The molecular formula is C17H19N7O8S2. The van der Waals surface area contributed by atoms with Gasteiger partial charge in [-0.15, -0.1) is 23.1 Å². The van der Waals surface area contributed by atoms with Crippen LogP contribution in [0.25, 0.3) is 0 Å². The van der Waals surface area contributed by atoms with Gasteiger partial charge in [-0.1, -0.05) is 5.16 Å². The fourth-order valence-corrected chi connectivity index (χ4v) is 4.87. The quantitative estimate of drug-likeness (QED) is 0.0588. The molecule has 1 aromatic heterocycles. The van der Waals surface area contributed by atoms with Gasteiger partial charge in [0.25, 0.3) is 17.7 Å². The lowest BCUT2D eigenvalue weighted by Crippen LogP contribution is -2.71. The largest absolute Gasteiger partial charge is 0.477 e. The molecule has 7 N–H and O–H groups in total. The predicted octanol–water partition coefficient (Wildman–Crippen LogP) is -2.26. The third-order valence-electron chi connectivity index (χ3n) is 4.48. The molecular weight excluding hydrogens is 494 g/mol. The summed E-state index contributed by atoms with van der Waals surface area (Å²) in [5.74, 6) is 0.925. The first-order chi connectivity index (χ1) is 16.1. The number of anilines is 1. The number of aromatic nitrogens is 1. The number of carbonyl (C=O) groups is 5. The zero-order chi connectivity index (χ0) is 25.0. The van der Waals surface area contributed by atoms with E-state index < -0.39 is 47.7 Å². The first-order valence-electron chi connectivity index (χ1n) is 9.39. The Morgan fingerprint density at radius 2 is 2.12 bits per heavy atom. The lowest BCUT2D eigenvalue weighted by atomic mass is 10.0. The minimum Gasteiger partial charge on any atom is -0.477 e. The van der Waals surface area contributed by atoms with Crippen LogP contribution >= 0.6 is 23.1 Å². The van der Waals surface area contributed by atoms with E-state index >= 15 is 0 Å². The molecule has 1 unspecified atom stereocenters. The van der Waals surface area contributed by atoms with Crippen molar-refractivity contribution in [1.29, 1.82) is 0 Å². The Morgan fingerprint density at radius 3 is 2.71 bits per heavy atom. The molecule has 2 aliphatic rings. The number of carboxylic acids is 1. The SMILES string of the molecule is CC(=O)OCC1=C(C(=O)O)N2C(=O)C(NC(=O)C(=NOCC(=O)NN)c3csc(N)n3)[C@@H]2SC1. The topological polar surface area (TPSA) is 229 Å². The summed E-state index contributed by atoms with van der Waals surface area (Å²) < 4.78 is 4.88. The molecule has 0 saturated carbocycles. The lowest BCUT2D eigenvalue weighted by Gasteiger charge is -2.49. The van der Waals surface area contributed by atoms with Crippen LogP contribution < -0.4 is 22.3 Å². The average molecular weight is 514 g/mol. The number of rotatable bonds is 9. The number of nitrogens with two attached hydrogens (primary N) is 2. The van der Waals surface area contributed by atoms with Gasteiger partial charge in [0.15, 0.2) is 17.5 Å². The Bertz CT molecular complexity index is 1100. The fraction of sp³-hybridized carbons (Fsp3) is 0.353. The average Bonchev–Trinajstić information content (AvgIpc) is 3.23. The van der Waals surface area contributed by atoms with Crippen molar-refractivity contribution in [3.8, 4) is 0 Å². The number of oxime groups is 1. The summed E-state index contributed by atoms with van der Waals surface area (Å²) in [5.41, 5.74) is 7.09. The maximum atomic E-state index is 12.9. The van der Waals surface area contributed by atoms with E-state index in [1.54, 1.807) is 0 Å². The van der Waals surface area contributed by atoms with Gasteiger partial charge in [-0.2, -0.15) is 0 Å². The number of thiazole rings is 1. The Labute approximate surface area is 199 Å². The van der Waals surface area contributed by atoms with E-state index in [9.17, 15) is 29.1 Å². The number of hydrogen-bond donors (Lipinski definition) is 5. The van der Waals surface area contributed by atoms with Crippen molar-refractivity contribution in [1.82, 2.24) is 20.6 Å². The van der Waals surface area contributed by atoms with Crippen molar-refractivity contribution in [2.75, 3.05) is 24.7 Å². The van der Waals surface area contributed by atoms with Crippen LogP contribution in [0, 0.1) is 0 Å². The monoisotopic (exact) mass is 513 g/mol. The van der Waals surface area contributed by atoms with Gasteiger partial charge < -0.3 is 25.7 Å². The number of thioether (sulfide) groups is 1. The number of hydrazine groups is 1. The molecule has 3 heterocycles. The van der Waals surface area contributed by atoms with Crippen LogP contribution in [0.2, 0.25) is 0 Å². The van der Waals surface area contributed by atoms with Gasteiger partial charge in [-0.25, -0.2) is 15.6 Å². The first-order valence-corrected chi connectivity index (χ1v) is 11.3. The Balaban J connectivity index is 1.77. The number of nitrogens with zero attached hydrogens (tertiary/aromatic N) is 3. The van der Waals surface area contributed by atoms with Crippen LogP contribution in [-0.2, 0) is 33.5 Å². The number of hydrogen-bond acceptors (Lipinski definition) is 13. The number of esters is 1. The van der Waals surface area contributed by atoms with Crippen LogP contribution in [0.5, 0.6) is 0 Å². The minimum atomic E-state index is -1.36. The molecule has 17 heteroatoms. The third-order valence-corrected chi connectivity index (χ3v) is 6.49. The van der Waals surface area contributed by atoms with E-state index in [0.717, 1.165) is 16.2 Å². The van der Waals surface area contributed by atoms with Crippen molar-refractivity contribution in [3.05, 3.63) is 22.3 Å². The number of amides is 3. The van der Waals surface area contributed by atoms with Crippen LogP contribution in [0.1, 0.15) is 12.6 Å². The highest BCUT2D eigenvalue weighted by atomic mass is 32.2. The maximum Gasteiger partial charge on any atom is 0.352 e. The molecule has 0 spiro atoms. The number of ether oxygens (including phenoxy) is 1. The van der Waals surface area contributed by atoms with Crippen molar-refractivity contribution >= 4 is 63.6 Å². The molecule has 0 aromatic carbocycles. The second kappa shape index (κ2) is 10.5. The van der Waals surface area contributed by atoms with Crippen LogP contribution in [0.15, 0.2) is 21.8 Å². The summed E-state index contributed by atoms with van der Waals surface area (Å²) in [5, 5.41) is 16.6. The van der Waals surface area contributed by atoms with Crippen molar-refractivity contribution in [2.24, 2.45) is 11.0 Å². The van der Waals surface area contributed by atoms with E-state index in [0.29, 0.717) is 0 Å². The van der Waals surface area contributed by atoms with Gasteiger partial charge in [-0.05, 0) is 0 Å². The van der Waals surface area contributed by atoms with Crippen LogP contribution in [0.4, 0.5) is 5.13 Å². The third kappa shape index (κ3) is 5.26. The number of carbonyl (C=O) groups excluding carboxylic acids is 4. The standard InChI is InChI=1S/C17H19N7O8S2/c1-6(25)31-2-7-4-33-15-11(14(28)24(15)12(7)16(29)30)21-13(27)10(8-5-34-17(18)20-8)23-32-3-9(26)22-19/h5,11,15H,2-4,19H2,1H3,(H2,18,20)(H,21,27)(H,22,26)(H,29,30)/t11?,15-/m0/s1.